The summed E-state index contributed by atoms with van der Waals surface area (Å²) in [4.78, 5) is 25.1. The summed E-state index contributed by atoms with van der Waals surface area (Å²) in [6, 6.07) is 11.9. The zero-order chi connectivity index (χ0) is 22.5. The maximum Gasteiger partial charge on any atom is 0.294 e. The highest BCUT2D eigenvalue weighted by Crippen LogP contribution is 2.37. The van der Waals surface area contributed by atoms with Crippen LogP contribution in [0.5, 0.6) is 23.0 Å². The summed E-state index contributed by atoms with van der Waals surface area (Å²) >= 11 is 0. The van der Waals surface area contributed by atoms with Gasteiger partial charge in [0.25, 0.3) is 11.5 Å². The average Bonchev–Trinajstić information content (AvgIpc) is 3.27. The standard InChI is InChI=1S/C22H22N4O6/c1-26-22(28)20(25-15-5-3-4-14(10-15)21(27)23-8-9-29-2)19(12-24-26)32-16-6-7-17-18(11-16)31-13-30-17/h3-7,10-12,25H,8-9,13H2,1-2H3,(H,23,27). The van der Waals surface area contributed by atoms with E-state index in [9.17, 15) is 9.59 Å². The van der Waals surface area contributed by atoms with Crippen LogP contribution in [0, 0.1) is 0 Å². The number of carbonyl (C=O) groups excluding carboxylic acids is 1. The van der Waals surface area contributed by atoms with Gasteiger partial charge in [-0.1, -0.05) is 6.07 Å². The fourth-order valence-electron chi connectivity index (χ4n) is 3.03. The molecule has 0 aliphatic carbocycles. The number of aromatic nitrogens is 2. The molecule has 1 aromatic heterocycles. The van der Waals surface area contributed by atoms with E-state index in [-0.39, 0.29) is 24.1 Å². The Hall–Kier alpha value is -4.05. The normalized spacial score (nSPS) is 11.8. The van der Waals surface area contributed by atoms with Crippen LogP contribution in [0.15, 0.2) is 53.5 Å². The number of nitrogens with zero attached hydrogens (tertiary/aromatic N) is 2. The summed E-state index contributed by atoms with van der Waals surface area (Å²) in [7, 11) is 3.10. The van der Waals surface area contributed by atoms with Crippen molar-refractivity contribution in [2.24, 2.45) is 7.05 Å². The minimum absolute atomic E-state index is 0.147. The third-order valence-corrected chi connectivity index (χ3v) is 4.66. The van der Waals surface area contributed by atoms with Crippen LogP contribution in [0.1, 0.15) is 10.4 Å². The Bertz CT molecular complexity index is 1190. The highest BCUT2D eigenvalue weighted by atomic mass is 16.7. The second-order valence-corrected chi connectivity index (χ2v) is 6.88. The molecule has 0 spiro atoms. The fourth-order valence-corrected chi connectivity index (χ4v) is 3.03. The molecule has 3 aromatic rings. The largest absolute Gasteiger partial charge is 0.454 e. The zero-order valence-electron chi connectivity index (χ0n) is 17.6. The molecule has 0 saturated heterocycles. The molecule has 0 saturated carbocycles. The number of benzene rings is 2. The molecule has 4 rings (SSSR count). The van der Waals surface area contributed by atoms with Gasteiger partial charge in [0, 0.05) is 38.0 Å². The van der Waals surface area contributed by atoms with Crippen LogP contribution in [0.3, 0.4) is 0 Å². The van der Waals surface area contributed by atoms with Crippen molar-refractivity contribution in [2.45, 2.75) is 0 Å². The molecule has 2 aromatic carbocycles. The number of ether oxygens (including phenoxy) is 4. The number of hydrogen-bond donors (Lipinski definition) is 2. The summed E-state index contributed by atoms with van der Waals surface area (Å²) in [5.41, 5.74) is 0.772. The Morgan fingerprint density at radius 3 is 2.88 bits per heavy atom. The van der Waals surface area contributed by atoms with Gasteiger partial charge in [0.2, 0.25) is 6.79 Å². The second-order valence-electron chi connectivity index (χ2n) is 6.88. The van der Waals surface area contributed by atoms with Gasteiger partial charge < -0.3 is 29.6 Å². The van der Waals surface area contributed by atoms with Crippen LogP contribution in [0.25, 0.3) is 0 Å². The van der Waals surface area contributed by atoms with Gasteiger partial charge in [-0.25, -0.2) is 4.68 Å². The van der Waals surface area contributed by atoms with E-state index in [1.54, 1.807) is 49.6 Å². The third kappa shape index (κ3) is 4.65. The van der Waals surface area contributed by atoms with Gasteiger partial charge in [-0.05, 0) is 30.3 Å². The number of rotatable bonds is 8. The molecule has 2 N–H and O–H groups in total. The van der Waals surface area contributed by atoms with E-state index < -0.39 is 5.56 Å². The van der Waals surface area contributed by atoms with Crippen LogP contribution in [0.2, 0.25) is 0 Å². The maximum absolute atomic E-state index is 12.8. The first-order valence-corrected chi connectivity index (χ1v) is 9.83. The lowest BCUT2D eigenvalue weighted by molar-refractivity contribution is 0.0937. The molecule has 10 nitrogen and oxygen atoms in total. The molecular weight excluding hydrogens is 416 g/mol. The summed E-state index contributed by atoms with van der Waals surface area (Å²) in [5.74, 6) is 1.62. The molecule has 2 heterocycles. The number of aryl methyl sites for hydroxylation is 1. The molecular formula is C22H22N4O6. The Kier molecular flexibility index (Phi) is 6.22. The SMILES string of the molecule is COCCNC(=O)c1cccc(Nc2c(Oc3ccc4c(c3)OCO4)cnn(C)c2=O)c1. The number of carbonyl (C=O) groups is 1. The van der Waals surface area contributed by atoms with Crippen molar-refractivity contribution >= 4 is 17.3 Å². The van der Waals surface area contributed by atoms with E-state index in [1.807, 2.05) is 0 Å². The highest BCUT2D eigenvalue weighted by molar-refractivity contribution is 5.95. The molecule has 1 amide bonds. The minimum Gasteiger partial charge on any atom is -0.454 e. The van der Waals surface area contributed by atoms with Crippen LogP contribution in [-0.2, 0) is 11.8 Å². The van der Waals surface area contributed by atoms with Gasteiger partial charge in [0.05, 0.1) is 12.8 Å². The van der Waals surface area contributed by atoms with Crippen molar-refractivity contribution in [1.82, 2.24) is 15.1 Å². The smallest absolute Gasteiger partial charge is 0.294 e. The number of anilines is 2. The van der Waals surface area contributed by atoms with Gasteiger partial charge in [-0.3, -0.25) is 9.59 Å². The number of hydrogen-bond acceptors (Lipinski definition) is 8. The highest BCUT2D eigenvalue weighted by Gasteiger charge is 2.17. The van der Waals surface area contributed by atoms with Gasteiger partial charge in [-0.2, -0.15) is 5.10 Å². The summed E-state index contributed by atoms with van der Waals surface area (Å²) < 4.78 is 22.7. The first-order valence-electron chi connectivity index (χ1n) is 9.83. The first-order chi connectivity index (χ1) is 15.5. The van der Waals surface area contributed by atoms with E-state index in [0.717, 1.165) is 0 Å². The van der Waals surface area contributed by atoms with Crippen molar-refractivity contribution in [3.63, 3.8) is 0 Å². The summed E-state index contributed by atoms with van der Waals surface area (Å²) in [6.45, 7) is 0.955. The molecule has 10 heteroatoms. The molecule has 166 valence electrons. The minimum atomic E-state index is -0.391. The monoisotopic (exact) mass is 438 g/mol. The van der Waals surface area contributed by atoms with Gasteiger partial charge >= 0.3 is 0 Å². The number of methoxy groups -OCH3 is 1. The van der Waals surface area contributed by atoms with E-state index in [2.05, 4.69) is 15.7 Å². The van der Waals surface area contributed by atoms with Crippen molar-refractivity contribution in [1.29, 1.82) is 0 Å². The Balaban J connectivity index is 1.59. The molecule has 0 atom stereocenters. The lowest BCUT2D eigenvalue weighted by Crippen LogP contribution is -2.27. The van der Waals surface area contributed by atoms with E-state index in [4.69, 9.17) is 18.9 Å². The Morgan fingerprint density at radius 2 is 2.03 bits per heavy atom. The van der Waals surface area contributed by atoms with Crippen molar-refractivity contribution < 1.29 is 23.7 Å². The fraction of sp³-hybridized carbons (Fsp3) is 0.227. The summed E-state index contributed by atoms with van der Waals surface area (Å²) in [5, 5.41) is 9.86. The molecule has 1 aliphatic rings. The Labute approximate surface area is 183 Å². The Morgan fingerprint density at radius 1 is 1.19 bits per heavy atom. The zero-order valence-corrected chi connectivity index (χ0v) is 17.6. The number of fused-ring (bicyclic) bond motifs is 1. The van der Waals surface area contributed by atoms with E-state index >= 15 is 0 Å². The van der Waals surface area contributed by atoms with Crippen molar-refractivity contribution in [3.8, 4) is 23.0 Å². The van der Waals surface area contributed by atoms with Crippen molar-refractivity contribution in [2.75, 3.05) is 32.4 Å². The average molecular weight is 438 g/mol. The second kappa shape index (κ2) is 9.40. The summed E-state index contributed by atoms with van der Waals surface area (Å²) in [6.07, 6.45) is 1.44. The van der Waals surface area contributed by atoms with Gasteiger partial charge in [-0.15, -0.1) is 0 Å². The number of amides is 1. The third-order valence-electron chi connectivity index (χ3n) is 4.66. The van der Waals surface area contributed by atoms with Crippen LogP contribution in [0.4, 0.5) is 11.4 Å². The van der Waals surface area contributed by atoms with Crippen molar-refractivity contribution in [3.05, 3.63) is 64.6 Å². The molecule has 0 fully saturated rings. The van der Waals surface area contributed by atoms with Gasteiger partial charge in [0.1, 0.15) is 5.75 Å². The predicted molar refractivity (Wildman–Crippen MR) is 116 cm³/mol. The number of nitrogens with one attached hydrogen (secondary N) is 2. The molecule has 32 heavy (non-hydrogen) atoms. The quantitative estimate of drug-likeness (QED) is 0.516. The van der Waals surface area contributed by atoms with Gasteiger partial charge in [0.15, 0.2) is 22.9 Å². The molecule has 0 radical (unpaired) electrons. The van der Waals surface area contributed by atoms with Crippen LogP contribution >= 0.6 is 0 Å². The van der Waals surface area contributed by atoms with Crippen LogP contribution in [-0.4, -0.2) is 42.7 Å². The van der Waals surface area contributed by atoms with Crippen LogP contribution < -0.4 is 30.4 Å². The molecule has 0 unspecified atom stereocenters. The molecule has 1 aliphatic heterocycles. The lowest BCUT2D eigenvalue weighted by Gasteiger charge is -2.14. The topological polar surface area (TPSA) is 113 Å². The lowest BCUT2D eigenvalue weighted by atomic mass is 10.2. The predicted octanol–water partition coefficient (Wildman–Crippen LogP) is 2.42. The van der Waals surface area contributed by atoms with E-state index in [1.165, 1.54) is 17.9 Å². The maximum atomic E-state index is 12.8. The molecule has 0 bridgehead atoms. The van der Waals surface area contributed by atoms with E-state index in [0.29, 0.717) is 41.7 Å². The first kappa shape index (κ1) is 21.2.